The molecule has 15 heavy (non-hydrogen) atoms. The van der Waals surface area contributed by atoms with Gasteiger partial charge in [0.15, 0.2) is 0 Å². The molecule has 5 heteroatoms. The number of sulfone groups is 1. The molecule has 0 spiro atoms. The van der Waals surface area contributed by atoms with Crippen LogP contribution in [0.5, 0.6) is 0 Å². The van der Waals surface area contributed by atoms with Gasteiger partial charge in [-0.25, -0.2) is 8.42 Å². The Bertz CT molecular complexity index is 258. The zero-order chi connectivity index (χ0) is 11.9. The highest BCUT2D eigenvalue weighted by Crippen LogP contribution is 2.13. The molecule has 0 aliphatic rings. The monoisotopic (exact) mass is 237 g/mol. The van der Waals surface area contributed by atoms with E-state index in [1.807, 2.05) is 13.8 Å². The SMILES string of the molecule is CCC(C)(CN)OCCCS(=O)(=O)CC. The van der Waals surface area contributed by atoms with E-state index < -0.39 is 9.84 Å². The van der Waals surface area contributed by atoms with E-state index in [1.54, 1.807) is 6.92 Å². The second-order valence-electron chi connectivity index (χ2n) is 3.95. The number of nitrogens with two attached hydrogens (primary N) is 1. The van der Waals surface area contributed by atoms with Gasteiger partial charge in [0.2, 0.25) is 0 Å². The van der Waals surface area contributed by atoms with Crippen LogP contribution < -0.4 is 5.73 Å². The molecule has 1 atom stereocenters. The Balaban J connectivity index is 3.81. The summed E-state index contributed by atoms with van der Waals surface area (Å²) in [6, 6.07) is 0. The zero-order valence-corrected chi connectivity index (χ0v) is 10.8. The minimum Gasteiger partial charge on any atom is -0.374 e. The van der Waals surface area contributed by atoms with Gasteiger partial charge < -0.3 is 10.5 Å². The highest BCUT2D eigenvalue weighted by molar-refractivity contribution is 7.91. The Morgan fingerprint density at radius 3 is 2.33 bits per heavy atom. The third-order valence-electron chi connectivity index (χ3n) is 2.67. The fourth-order valence-corrected chi connectivity index (χ4v) is 1.89. The number of hydrogen-bond donors (Lipinski definition) is 1. The lowest BCUT2D eigenvalue weighted by atomic mass is 10.0. The molecule has 0 heterocycles. The molecule has 0 saturated carbocycles. The predicted octanol–water partition coefficient (Wildman–Crippen LogP) is 0.955. The molecule has 0 rings (SSSR count). The summed E-state index contributed by atoms with van der Waals surface area (Å²) in [6.45, 7) is 6.54. The van der Waals surface area contributed by atoms with Crippen LogP contribution in [0.25, 0.3) is 0 Å². The van der Waals surface area contributed by atoms with Gasteiger partial charge in [0.25, 0.3) is 0 Å². The number of hydrogen-bond acceptors (Lipinski definition) is 4. The summed E-state index contributed by atoms with van der Waals surface area (Å²) >= 11 is 0. The summed E-state index contributed by atoms with van der Waals surface area (Å²) in [4.78, 5) is 0. The summed E-state index contributed by atoms with van der Waals surface area (Å²) in [5.74, 6) is 0.406. The van der Waals surface area contributed by atoms with E-state index in [9.17, 15) is 8.42 Å². The molecule has 0 fully saturated rings. The average Bonchev–Trinajstić information content (AvgIpc) is 2.24. The maximum absolute atomic E-state index is 11.2. The Hall–Kier alpha value is -0.130. The molecule has 0 amide bonds. The molecule has 0 radical (unpaired) electrons. The van der Waals surface area contributed by atoms with E-state index >= 15 is 0 Å². The molecule has 0 saturated heterocycles. The third-order valence-corrected chi connectivity index (χ3v) is 4.46. The smallest absolute Gasteiger partial charge is 0.150 e. The van der Waals surface area contributed by atoms with Gasteiger partial charge in [-0.1, -0.05) is 13.8 Å². The van der Waals surface area contributed by atoms with Crippen molar-refractivity contribution >= 4 is 9.84 Å². The molecule has 0 aromatic heterocycles. The molecule has 92 valence electrons. The van der Waals surface area contributed by atoms with Gasteiger partial charge in [0.1, 0.15) is 9.84 Å². The van der Waals surface area contributed by atoms with Gasteiger partial charge in [-0.05, 0) is 19.8 Å². The lowest BCUT2D eigenvalue weighted by molar-refractivity contribution is -0.0267. The van der Waals surface area contributed by atoms with Crippen LogP contribution in [-0.2, 0) is 14.6 Å². The van der Waals surface area contributed by atoms with E-state index in [2.05, 4.69) is 0 Å². The predicted molar refractivity (Wildman–Crippen MR) is 62.6 cm³/mol. The van der Waals surface area contributed by atoms with Crippen LogP contribution in [0.3, 0.4) is 0 Å². The van der Waals surface area contributed by atoms with Gasteiger partial charge in [-0.2, -0.15) is 0 Å². The Morgan fingerprint density at radius 2 is 1.93 bits per heavy atom. The number of rotatable bonds is 8. The van der Waals surface area contributed by atoms with Crippen molar-refractivity contribution in [3.63, 3.8) is 0 Å². The van der Waals surface area contributed by atoms with Gasteiger partial charge in [-0.3, -0.25) is 0 Å². The van der Waals surface area contributed by atoms with E-state index in [0.29, 0.717) is 19.6 Å². The molecule has 0 aromatic carbocycles. The molecule has 0 aliphatic heterocycles. The molecule has 0 aromatic rings. The Kier molecular flexibility index (Phi) is 6.40. The van der Waals surface area contributed by atoms with Crippen LogP contribution in [0.1, 0.15) is 33.6 Å². The first-order chi connectivity index (χ1) is 6.89. The zero-order valence-electron chi connectivity index (χ0n) is 9.95. The number of ether oxygens (including phenoxy) is 1. The first-order valence-corrected chi connectivity index (χ1v) is 7.25. The first kappa shape index (κ1) is 14.9. The lowest BCUT2D eigenvalue weighted by Crippen LogP contribution is -2.37. The molecule has 1 unspecified atom stereocenters. The summed E-state index contributed by atoms with van der Waals surface area (Å²) < 4.78 is 27.9. The summed E-state index contributed by atoms with van der Waals surface area (Å²) in [5.41, 5.74) is 5.26. The summed E-state index contributed by atoms with van der Waals surface area (Å²) in [5, 5.41) is 0. The van der Waals surface area contributed by atoms with E-state index in [-0.39, 0.29) is 17.1 Å². The van der Waals surface area contributed by atoms with Crippen molar-refractivity contribution in [1.82, 2.24) is 0 Å². The molecule has 0 aliphatic carbocycles. The first-order valence-electron chi connectivity index (χ1n) is 5.43. The lowest BCUT2D eigenvalue weighted by Gasteiger charge is -2.26. The molecular weight excluding hydrogens is 214 g/mol. The third kappa shape index (κ3) is 6.12. The topological polar surface area (TPSA) is 69.4 Å². The van der Waals surface area contributed by atoms with Gasteiger partial charge in [0, 0.05) is 18.9 Å². The average molecular weight is 237 g/mol. The maximum Gasteiger partial charge on any atom is 0.150 e. The summed E-state index contributed by atoms with van der Waals surface area (Å²) in [7, 11) is -2.86. The van der Waals surface area contributed by atoms with Gasteiger partial charge in [0.05, 0.1) is 11.4 Å². The highest BCUT2D eigenvalue weighted by atomic mass is 32.2. The second-order valence-corrected chi connectivity index (χ2v) is 6.42. The van der Waals surface area contributed by atoms with Crippen molar-refractivity contribution in [2.75, 3.05) is 24.7 Å². The standard InChI is InChI=1S/C10H23NO3S/c1-4-10(3,9-11)14-7-6-8-15(12,13)5-2/h4-9,11H2,1-3H3. The molecule has 4 nitrogen and oxygen atoms in total. The quantitative estimate of drug-likeness (QED) is 0.638. The van der Waals surface area contributed by atoms with Crippen LogP contribution in [0.15, 0.2) is 0 Å². The van der Waals surface area contributed by atoms with E-state index in [0.717, 1.165) is 6.42 Å². The molecule has 2 N–H and O–H groups in total. The maximum atomic E-state index is 11.2. The Morgan fingerprint density at radius 1 is 1.33 bits per heavy atom. The van der Waals surface area contributed by atoms with Crippen molar-refractivity contribution in [3.8, 4) is 0 Å². The van der Waals surface area contributed by atoms with Crippen molar-refractivity contribution in [1.29, 1.82) is 0 Å². The van der Waals surface area contributed by atoms with Crippen molar-refractivity contribution < 1.29 is 13.2 Å². The van der Waals surface area contributed by atoms with Crippen molar-refractivity contribution in [2.45, 2.75) is 39.2 Å². The molecule has 0 bridgehead atoms. The van der Waals surface area contributed by atoms with Crippen molar-refractivity contribution in [3.05, 3.63) is 0 Å². The minimum atomic E-state index is -2.86. The van der Waals surface area contributed by atoms with Crippen LogP contribution in [0.2, 0.25) is 0 Å². The summed E-state index contributed by atoms with van der Waals surface area (Å²) in [6.07, 6.45) is 1.38. The van der Waals surface area contributed by atoms with Gasteiger partial charge >= 0.3 is 0 Å². The van der Waals surface area contributed by atoms with E-state index in [4.69, 9.17) is 10.5 Å². The van der Waals surface area contributed by atoms with Crippen molar-refractivity contribution in [2.24, 2.45) is 5.73 Å². The molecular formula is C10H23NO3S. The fraction of sp³-hybridized carbons (Fsp3) is 1.00. The fourth-order valence-electron chi connectivity index (χ4n) is 1.05. The largest absolute Gasteiger partial charge is 0.374 e. The van der Waals surface area contributed by atoms with Crippen LogP contribution in [0.4, 0.5) is 0 Å². The van der Waals surface area contributed by atoms with Gasteiger partial charge in [-0.15, -0.1) is 0 Å². The van der Waals surface area contributed by atoms with E-state index in [1.165, 1.54) is 0 Å². The van der Waals surface area contributed by atoms with Crippen LogP contribution in [-0.4, -0.2) is 38.7 Å². The highest BCUT2D eigenvalue weighted by Gasteiger charge is 2.20. The second kappa shape index (κ2) is 6.45. The van der Waals surface area contributed by atoms with Crippen LogP contribution >= 0.6 is 0 Å². The minimum absolute atomic E-state index is 0.202. The Labute approximate surface area is 93.1 Å². The normalized spacial score (nSPS) is 16.3. The van der Waals surface area contributed by atoms with Crippen LogP contribution in [0, 0.1) is 0 Å².